The van der Waals surface area contributed by atoms with E-state index in [9.17, 15) is 0 Å². The summed E-state index contributed by atoms with van der Waals surface area (Å²) in [5.74, 6) is 0. The Morgan fingerprint density at radius 1 is 0.457 bits per heavy atom. The van der Waals surface area contributed by atoms with Gasteiger partial charge in [-0.25, -0.2) is 0 Å². The van der Waals surface area contributed by atoms with Crippen LogP contribution >= 0.6 is 0 Å². The molecule has 0 fully saturated rings. The molecular formula is C42H42F2Hf2. The van der Waals surface area contributed by atoms with Crippen LogP contribution in [0.4, 0.5) is 9.41 Å². The van der Waals surface area contributed by atoms with Gasteiger partial charge < -0.3 is 0 Å². The summed E-state index contributed by atoms with van der Waals surface area (Å²) in [4.78, 5) is 0. The molecule has 0 saturated heterocycles. The minimum absolute atomic E-state index is 0. The van der Waals surface area contributed by atoms with Crippen LogP contribution in [0.3, 0.4) is 0 Å². The van der Waals surface area contributed by atoms with Crippen molar-refractivity contribution in [3.05, 3.63) is 162 Å². The number of benzene rings is 4. The fourth-order valence-electron chi connectivity index (χ4n) is 7.82. The normalized spacial score (nSPS) is 14.8. The Morgan fingerprint density at radius 3 is 0.978 bits per heavy atom. The Kier molecular flexibility index (Phi) is 11.2. The van der Waals surface area contributed by atoms with Gasteiger partial charge in [0.2, 0.25) is 0 Å². The molecule has 0 aromatic heterocycles. The molecule has 4 aromatic rings. The Hall–Kier alpha value is -2.82. The molecule has 4 aliphatic rings. The zero-order valence-corrected chi connectivity index (χ0v) is 34.3. The monoisotopic (exact) mass is 944 g/mol. The van der Waals surface area contributed by atoms with Crippen molar-refractivity contribution in [2.24, 2.45) is 0 Å². The molecule has 0 saturated carbocycles. The minimum Gasteiger partial charge on any atom is -0.269 e. The molecule has 0 bridgehead atoms. The molecule has 4 aliphatic carbocycles. The van der Waals surface area contributed by atoms with Crippen LogP contribution in [0.5, 0.6) is 0 Å². The average Bonchev–Trinajstić information content (AvgIpc) is 3.86. The average molecular weight is 942 g/mol. The van der Waals surface area contributed by atoms with Gasteiger partial charge in [-0.3, -0.25) is 9.41 Å². The van der Waals surface area contributed by atoms with Gasteiger partial charge in [0.25, 0.3) is 0 Å². The molecule has 0 nitrogen and oxygen atoms in total. The minimum atomic E-state index is -2.06. The van der Waals surface area contributed by atoms with Crippen molar-refractivity contribution in [3.8, 4) is 22.3 Å². The second-order valence-electron chi connectivity index (χ2n) is 12.7. The Morgan fingerprint density at radius 2 is 0.739 bits per heavy atom. The van der Waals surface area contributed by atoms with Crippen LogP contribution < -0.4 is 0 Å². The van der Waals surface area contributed by atoms with Crippen LogP contribution in [-0.2, 0) is 41.9 Å². The van der Waals surface area contributed by atoms with Crippen molar-refractivity contribution in [3.63, 3.8) is 0 Å². The van der Waals surface area contributed by atoms with Crippen LogP contribution in [0.25, 0.3) is 22.3 Å². The summed E-state index contributed by atoms with van der Waals surface area (Å²) in [5, 5.41) is 0. The molecule has 232 valence electrons. The molecule has 4 aromatic carbocycles. The molecule has 0 radical (unpaired) electrons. The number of allylic oxidation sites excluding steroid dienone is 8. The van der Waals surface area contributed by atoms with Crippen molar-refractivity contribution in [1.29, 1.82) is 0 Å². The summed E-state index contributed by atoms with van der Waals surface area (Å²) < 4.78 is 8.32. The van der Waals surface area contributed by atoms with Gasteiger partial charge in [0, 0.05) is 0 Å². The van der Waals surface area contributed by atoms with Gasteiger partial charge in [0.05, 0.1) is 0 Å². The molecule has 8 rings (SSSR count). The van der Waals surface area contributed by atoms with Crippen molar-refractivity contribution in [2.45, 2.75) is 47.9 Å². The van der Waals surface area contributed by atoms with E-state index >= 15 is 0 Å². The van der Waals surface area contributed by atoms with Gasteiger partial charge in [-0.15, -0.1) is 0 Å². The van der Waals surface area contributed by atoms with Gasteiger partial charge in [-0.1, -0.05) is 0 Å². The predicted octanol–water partition coefficient (Wildman–Crippen LogP) is 11.2. The summed E-state index contributed by atoms with van der Waals surface area (Å²) in [7, 11) is 0. The Bertz CT molecular complexity index is 1730. The number of rotatable bonds is 4. The molecule has 46 heavy (non-hydrogen) atoms. The van der Waals surface area contributed by atoms with Gasteiger partial charge in [0.15, 0.2) is 0 Å². The second kappa shape index (κ2) is 14.9. The second-order valence-corrected chi connectivity index (χ2v) is 34.6. The standard InChI is InChI=1S/2C13H9.2C5H5.2C3H6.2FH.2Hf/c2*1-3-7-12-10(5-1)9-11-6-2-4-8-13(11)12;2*1-2-4-5-3-1;2*1-3-2;;;;/h2*1-9H;2*1-3H,4H2;2*1-2H3;2*1H;;. The molecule has 0 unspecified atom stereocenters. The van der Waals surface area contributed by atoms with Crippen molar-refractivity contribution in [1.82, 2.24) is 0 Å². The van der Waals surface area contributed by atoms with Crippen LogP contribution in [0, 0.1) is 0 Å². The third-order valence-corrected chi connectivity index (χ3v) is 33.6. The van der Waals surface area contributed by atoms with E-state index in [1.54, 1.807) is 35.4 Å². The fourth-order valence-corrected chi connectivity index (χ4v) is 31.7. The first-order valence-corrected chi connectivity index (χ1v) is 27.3. The number of hydrogen-bond donors (Lipinski definition) is 0. The van der Waals surface area contributed by atoms with E-state index in [4.69, 9.17) is 0 Å². The Labute approximate surface area is 288 Å². The zero-order chi connectivity index (χ0) is 30.2. The molecule has 0 heterocycles. The maximum absolute atomic E-state index is 2.42. The first kappa shape index (κ1) is 34.5. The fraction of sp³-hybridized carbons (Fsp3) is 0.190. The van der Waals surface area contributed by atoms with Gasteiger partial charge in [-0.2, -0.15) is 0 Å². The van der Waals surface area contributed by atoms with E-state index in [1.165, 1.54) is 35.1 Å². The molecule has 0 spiro atoms. The maximum atomic E-state index is 2.42. The van der Waals surface area contributed by atoms with Gasteiger partial charge >= 0.3 is 281 Å². The molecule has 0 atom stereocenters. The van der Waals surface area contributed by atoms with E-state index < -0.39 is 41.9 Å². The summed E-state index contributed by atoms with van der Waals surface area (Å²) >= 11 is -4.12. The topological polar surface area (TPSA) is 0 Å². The van der Waals surface area contributed by atoms with E-state index in [-0.39, 0.29) is 9.41 Å². The largest absolute Gasteiger partial charge is 0.269 e. The molecule has 0 N–H and O–H groups in total. The third-order valence-electron chi connectivity index (χ3n) is 9.56. The molecule has 4 heteroatoms. The summed E-state index contributed by atoms with van der Waals surface area (Å²) in [6, 6.07) is 36.3. The molecule has 0 amide bonds. The van der Waals surface area contributed by atoms with Gasteiger partial charge in [0.1, 0.15) is 0 Å². The van der Waals surface area contributed by atoms with E-state index in [2.05, 4.69) is 161 Å². The SMILES string of the molecule is C[C](C)=[Hf]([C]1=CC=CC1)[CH]1c2ccccc2-c2ccccc21.C[C](C)=[Hf]([C]1=CC=CC1)[CH]1c2ccccc2-c2ccccc21.F.F. The zero-order valence-electron chi connectivity index (χ0n) is 27.1. The predicted molar refractivity (Wildman–Crippen MR) is 189 cm³/mol. The number of fused-ring (bicyclic) bond motifs is 6. The molecular weight excluding hydrogens is 899 g/mol. The maximum Gasteiger partial charge on any atom is -0.269 e. The first-order valence-electron chi connectivity index (χ1n) is 16.0. The third kappa shape index (κ3) is 6.24. The smallest absolute Gasteiger partial charge is 0.269 e. The summed E-state index contributed by atoms with van der Waals surface area (Å²) in [6.45, 7) is 9.52. The number of halogens is 2. The van der Waals surface area contributed by atoms with Gasteiger partial charge in [-0.05, 0) is 0 Å². The van der Waals surface area contributed by atoms with Crippen molar-refractivity contribution >= 4 is 6.51 Å². The number of hydrogen-bond acceptors (Lipinski definition) is 0. The van der Waals surface area contributed by atoms with E-state index in [0.717, 1.165) is 0 Å². The van der Waals surface area contributed by atoms with Crippen LogP contribution in [0.15, 0.2) is 140 Å². The van der Waals surface area contributed by atoms with E-state index in [0.29, 0.717) is 7.35 Å². The van der Waals surface area contributed by atoms with Crippen LogP contribution in [0.2, 0.25) is 0 Å². The quantitative estimate of drug-likeness (QED) is 0.179. The van der Waals surface area contributed by atoms with Crippen LogP contribution in [-0.4, -0.2) is 6.51 Å². The van der Waals surface area contributed by atoms with Crippen LogP contribution in [0.1, 0.15) is 70.1 Å². The summed E-state index contributed by atoms with van der Waals surface area (Å²) in [5.41, 5.74) is 12.2. The van der Waals surface area contributed by atoms with Crippen molar-refractivity contribution in [2.75, 3.05) is 0 Å². The molecule has 0 aliphatic heterocycles. The Balaban J connectivity index is 0.000000174. The first-order chi connectivity index (χ1) is 21.5. The summed E-state index contributed by atoms with van der Waals surface area (Å²) in [6.07, 6.45) is 16.4. The van der Waals surface area contributed by atoms with Crippen molar-refractivity contribution < 1.29 is 51.3 Å². The van der Waals surface area contributed by atoms with E-state index in [1.807, 2.05) is 0 Å².